The lowest BCUT2D eigenvalue weighted by Crippen LogP contribution is -2.00. The molecule has 3 aromatic rings. The van der Waals surface area contributed by atoms with Crippen LogP contribution in [0.15, 0.2) is 83.4 Å². The third kappa shape index (κ3) is 2.30. The highest BCUT2D eigenvalue weighted by molar-refractivity contribution is 7.99. The highest BCUT2D eigenvalue weighted by atomic mass is 32.2. The maximum absolute atomic E-state index is 4.21. The van der Waals surface area contributed by atoms with E-state index in [1.165, 1.54) is 9.79 Å². The van der Waals surface area contributed by atoms with Gasteiger partial charge in [0.2, 0.25) is 0 Å². The van der Waals surface area contributed by atoms with Crippen LogP contribution < -0.4 is 5.32 Å². The molecule has 1 N–H and O–H groups in total. The van der Waals surface area contributed by atoms with E-state index in [0.29, 0.717) is 0 Å². The summed E-state index contributed by atoms with van der Waals surface area (Å²) in [5, 5.41) is 3.51. The van der Waals surface area contributed by atoms with Gasteiger partial charge >= 0.3 is 0 Å². The minimum atomic E-state index is 0.988. The first-order chi connectivity index (χ1) is 10.8. The van der Waals surface area contributed by atoms with Crippen molar-refractivity contribution in [2.75, 3.05) is 5.32 Å². The monoisotopic (exact) mass is 302 g/mol. The molecule has 2 nitrogen and oxygen atoms in total. The van der Waals surface area contributed by atoms with E-state index in [1.807, 2.05) is 18.3 Å². The average Bonchev–Trinajstić information content (AvgIpc) is 2.59. The first-order valence-corrected chi connectivity index (χ1v) is 7.90. The lowest BCUT2D eigenvalue weighted by Gasteiger charge is -2.21. The van der Waals surface area contributed by atoms with Gasteiger partial charge in [-0.15, -0.1) is 0 Å². The molecule has 0 aliphatic carbocycles. The summed E-state index contributed by atoms with van der Waals surface area (Å²) in [6.45, 7) is 4.21. The Labute approximate surface area is 133 Å². The normalized spacial score (nSPS) is 12.0. The Kier molecular flexibility index (Phi) is 3.20. The summed E-state index contributed by atoms with van der Waals surface area (Å²) < 4.78 is 0. The predicted molar refractivity (Wildman–Crippen MR) is 92.7 cm³/mol. The zero-order valence-corrected chi connectivity index (χ0v) is 12.7. The van der Waals surface area contributed by atoms with Gasteiger partial charge in [0, 0.05) is 22.2 Å². The molecule has 0 spiro atoms. The largest absolute Gasteiger partial charge is 0.354 e. The quantitative estimate of drug-likeness (QED) is 0.540. The maximum atomic E-state index is 4.21. The van der Waals surface area contributed by atoms with Crippen LogP contribution in [0.1, 0.15) is 11.1 Å². The van der Waals surface area contributed by atoms with E-state index in [2.05, 4.69) is 59.3 Å². The molecular formula is C19H14N2S. The molecule has 1 aliphatic rings. The first kappa shape index (κ1) is 13.2. The van der Waals surface area contributed by atoms with Gasteiger partial charge in [-0.25, -0.2) is 0 Å². The first-order valence-electron chi connectivity index (χ1n) is 7.09. The van der Waals surface area contributed by atoms with Gasteiger partial charge in [0.1, 0.15) is 0 Å². The van der Waals surface area contributed by atoms with Crippen LogP contribution in [-0.4, -0.2) is 4.98 Å². The molecule has 0 fully saturated rings. The fraction of sp³-hybridized carbons (Fsp3) is 0. The molecule has 22 heavy (non-hydrogen) atoms. The highest BCUT2D eigenvalue weighted by Crippen LogP contribution is 2.44. The molecule has 0 amide bonds. The molecular weight excluding hydrogens is 288 g/mol. The molecule has 0 bridgehead atoms. The number of rotatable bonds is 2. The van der Waals surface area contributed by atoms with Crippen LogP contribution in [0.5, 0.6) is 0 Å². The average molecular weight is 302 g/mol. The molecule has 0 radical (unpaired) electrons. The number of aromatic nitrogens is 1. The van der Waals surface area contributed by atoms with Gasteiger partial charge in [0.05, 0.1) is 11.4 Å². The zero-order valence-electron chi connectivity index (χ0n) is 11.9. The lowest BCUT2D eigenvalue weighted by molar-refractivity contribution is 1.29. The van der Waals surface area contributed by atoms with Crippen molar-refractivity contribution in [3.05, 3.63) is 84.7 Å². The fourth-order valence-corrected chi connectivity index (χ4v) is 3.50. The van der Waals surface area contributed by atoms with Crippen LogP contribution >= 0.6 is 11.8 Å². The third-order valence-electron chi connectivity index (χ3n) is 3.71. The van der Waals surface area contributed by atoms with E-state index in [9.17, 15) is 0 Å². The second-order valence-corrected chi connectivity index (χ2v) is 6.24. The Morgan fingerprint density at radius 3 is 2.64 bits per heavy atom. The highest BCUT2D eigenvalue weighted by Gasteiger charge is 2.16. The molecule has 3 heteroatoms. The Morgan fingerprint density at radius 2 is 1.77 bits per heavy atom. The van der Waals surface area contributed by atoms with Crippen LogP contribution in [0.2, 0.25) is 0 Å². The summed E-state index contributed by atoms with van der Waals surface area (Å²) >= 11 is 1.79. The van der Waals surface area contributed by atoms with Crippen molar-refractivity contribution >= 4 is 28.7 Å². The summed E-state index contributed by atoms with van der Waals surface area (Å²) in [7, 11) is 0. The van der Waals surface area contributed by atoms with Crippen molar-refractivity contribution in [3.8, 4) is 0 Å². The smallest absolute Gasteiger partial charge is 0.0532 e. The number of anilines is 2. The molecule has 2 heterocycles. The summed E-state index contributed by atoms with van der Waals surface area (Å²) in [5.74, 6) is 0. The minimum absolute atomic E-state index is 0.988. The summed E-state index contributed by atoms with van der Waals surface area (Å²) in [6, 6.07) is 18.8. The number of benzene rings is 2. The Morgan fingerprint density at radius 1 is 0.909 bits per heavy atom. The van der Waals surface area contributed by atoms with E-state index in [-0.39, 0.29) is 0 Å². The number of nitrogens with zero attached hydrogens (tertiary/aromatic N) is 1. The van der Waals surface area contributed by atoms with Gasteiger partial charge in [-0.2, -0.15) is 0 Å². The zero-order chi connectivity index (χ0) is 14.9. The number of nitrogens with one attached hydrogen (secondary N) is 1. The van der Waals surface area contributed by atoms with Gasteiger partial charge in [-0.05, 0) is 47.0 Å². The van der Waals surface area contributed by atoms with Gasteiger partial charge in [0.15, 0.2) is 0 Å². The Hall–Kier alpha value is -2.52. The Bertz CT molecular complexity index is 856. The number of hydrogen-bond donors (Lipinski definition) is 1. The van der Waals surface area contributed by atoms with Crippen LogP contribution in [0.3, 0.4) is 0 Å². The van der Waals surface area contributed by atoms with Crippen molar-refractivity contribution in [2.24, 2.45) is 0 Å². The molecule has 1 aliphatic heterocycles. The van der Waals surface area contributed by atoms with Crippen molar-refractivity contribution in [3.63, 3.8) is 0 Å². The van der Waals surface area contributed by atoms with E-state index in [1.54, 1.807) is 18.0 Å². The van der Waals surface area contributed by atoms with Crippen LogP contribution in [-0.2, 0) is 0 Å². The fourth-order valence-electron chi connectivity index (χ4n) is 2.53. The van der Waals surface area contributed by atoms with Crippen LogP contribution in [0, 0.1) is 0 Å². The predicted octanol–water partition coefficient (Wildman–Crippen LogP) is 5.35. The van der Waals surface area contributed by atoms with Gasteiger partial charge in [-0.3, -0.25) is 4.98 Å². The van der Waals surface area contributed by atoms with E-state index in [0.717, 1.165) is 28.1 Å². The van der Waals surface area contributed by atoms with Gasteiger partial charge in [0.25, 0.3) is 0 Å². The maximum Gasteiger partial charge on any atom is 0.0532 e. The molecule has 0 saturated heterocycles. The SMILES string of the molecule is C=C(c1cccnc1)c1ccc2c(c1)Nc1ccccc1S2. The topological polar surface area (TPSA) is 24.9 Å². The summed E-state index contributed by atoms with van der Waals surface area (Å²) in [4.78, 5) is 6.66. The molecule has 106 valence electrons. The van der Waals surface area contributed by atoms with Crippen molar-refractivity contribution in [2.45, 2.75) is 9.79 Å². The molecule has 0 saturated carbocycles. The molecule has 0 atom stereocenters. The van der Waals surface area contributed by atoms with Crippen LogP contribution in [0.4, 0.5) is 11.4 Å². The van der Waals surface area contributed by atoms with E-state index in [4.69, 9.17) is 0 Å². The number of fused-ring (bicyclic) bond motifs is 2. The van der Waals surface area contributed by atoms with Gasteiger partial charge < -0.3 is 5.32 Å². The van der Waals surface area contributed by atoms with E-state index < -0.39 is 0 Å². The number of pyridine rings is 1. The second kappa shape index (κ2) is 5.35. The molecule has 1 aromatic heterocycles. The lowest BCUT2D eigenvalue weighted by atomic mass is 10.0. The summed E-state index contributed by atoms with van der Waals surface area (Å²) in [5.41, 5.74) is 5.43. The molecule has 2 aromatic carbocycles. The van der Waals surface area contributed by atoms with Crippen molar-refractivity contribution < 1.29 is 0 Å². The van der Waals surface area contributed by atoms with Crippen molar-refractivity contribution in [1.29, 1.82) is 0 Å². The minimum Gasteiger partial charge on any atom is -0.354 e. The molecule has 4 rings (SSSR count). The summed E-state index contributed by atoms with van der Waals surface area (Å²) in [6.07, 6.45) is 3.62. The standard InChI is InChI=1S/C19H14N2S/c1-13(15-5-4-10-20-12-15)14-8-9-19-17(11-14)21-16-6-2-3-7-18(16)22-19/h2-12,21H,1H2. The number of para-hydroxylation sites is 1. The Balaban J connectivity index is 1.70. The van der Waals surface area contributed by atoms with E-state index >= 15 is 0 Å². The van der Waals surface area contributed by atoms with Crippen molar-refractivity contribution in [1.82, 2.24) is 4.98 Å². The third-order valence-corrected chi connectivity index (χ3v) is 4.87. The second-order valence-electron chi connectivity index (χ2n) is 5.15. The molecule has 0 unspecified atom stereocenters. The van der Waals surface area contributed by atoms with Gasteiger partial charge in [-0.1, -0.05) is 42.6 Å². The number of hydrogen-bond acceptors (Lipinski definition) is 3. The van der Waals surface area contributed by atoms with Crippen LogP contribution in [0.25, 0.3) is 5.57 Å².